The second kappa shape index (κ2) is 5.86. The molecule has 0 aromatic rings. The highest BCUT2D eigenvalue weighted by Gasteiger charge is 2.34. The molecule has 0 aromatic carbocycles. The van der Waals surface area contributed by atoms with E-state index in [1.54, 1.807) is 0 Å². The molecule has 1 saturated carbocycles. The first kappa shape index (κ1) is 13.0. The normalized spacial score (nSPS) is 19.2. The molecule has 90 valence electrons. The zero-order valence-corrected chi connectivity index (χ0v) is 10.8. The highest BCUT2D eigenvalue weighted by Crippen LogP contribution is 2.36. The molecule has 0 heterocycles. The van der Waals surface area contributed by atoms with Crippen molar-refractivity contribution in [2.75, 3.05) is 13.2 Å². The van der Waals surface area contributed by atoms with Crippen molar-refractivity contribution in [1.29, 1.82) is 0 Å². The van der Waals surface area contributed by atoms with Gasteiger partial charge in [0.05, 0.1) is 5.60 Å². The van der Waals surface area contributed by atoms with Crippen molar-refractivity contribution >= 4 is 0 Å². The first-order chi connectivity index (χ1) is 7.10. The van der Waals surface area contributed by atoms with Crippen molar-refractivity contribution in [1.82, 2.24) is 5.32 Å². The number of hydrogen-bond acceptors (Lipinski definition) is 2. The van der Waals surface area contributed by atoms with Gasteiger partial charge in [0.1, 0.15) is 0 Å². The zero-order chi connectivity index (χ0) is 11.3. The Bertz CT molecular complexity index is 175. The summed E-state index contributed by atoms with van der Waals surface area (Å²) in [6.45, 7) is 10.6. The van der Waals surface area contributed by atoms with Gasteiger partial charge >= 0.3 is 0 Å². The topological polar surface area (TPSA) is 21.3 Å². The van der Waals surface area contributed by atoms with Crippen LogP contribution >= 0.6 is 0 Å². The smallest absolute Gasteiger partial charge is 0.0778 e. The molecule has 15 heavy (non-hydrogen) atoms. The number of nitrogens with one attached hydrogen (secondary N) is 1. The fraction of sp³-hybridized carbons (Fsp3) is 1.00. The molecule has 0 bridgehead atoms. The molecular weight excluding hydrogens is 186 g/mol. The minimum absolute atomic E-state index is 0.0213. The number of rotatable bonds is 8. The van der Waals surface area contributed by atoms with Crippen molar-refractivity contribution < 1.29 is 4.74 Å². The van der Waals surface area contributed by atoms with Crippen molar-refractivity contribution in [2.24, 2.45) is 5.92 Å². The fourth-order valence-corrected chi connectivity index (χ4v) is 2.09. The van der Waals surface area contributed by atoms with Crippen molar-refractivity contribution in [3.05, 3.63) is 0 Å². The van der Waals surface area contributed by atoms with Crippen LogP contribution in [-0.4, -0.2) is 24.8 Å². The van der Waals surface area contributed by atoms with Crippen molar-refractivity contribution in [3.8, 4) is 0 Å². The van der Waals surface area contributed by atoms with Gasteiger partial charge < -0.3 is 10.1 Å². The van der Waals surface area contributed by atoms with Gasteiger partial charge in [0.25, 0.3) is 0 Å². The van der Waals surface area contributed by atoms with Gasteiger partial charge in [0.15, 0.2) is 0 Å². The van der Waals surface area contributed by atoms with Gasteiger partial charge in [0.2, 0.25) is 0 Å². The molecule has 2 heteroatoms. The van der Waals surface area contributed by atoms with Crippen LogP contribution in [0.2, 0.25) is 0 Å². The van der Waals surface area contributed by atoms with Gasteiger partial charge in [-0.1, -0.05) is 19.8 Å². The Kier molecular flexibility index (Phi) is 5.07. The number of hydrogen-bond donors (Lipinski definition) is 1. The fourth-order valence-electron chi connectivity index (χ4n) is 2.09. The quantitative estimate of drug-likeness (QED) is 0.669. The molecule has 1 aliphatic carbocycles. The van der Waals surface area contributed by atoms with Crippen LogP contribution in [0, 0.1) is 5.92 Å². The van der Waals surface area contributed by atoms with E-state index >= 15 is 0 Å². The number of ether oxygens (including phenoxy) is 1. The average Bonchev–Trinajstić information content (AvgIpc) is 2.95. The van der Waals surface area contributed by atoms with E-state index in [9.17, 15) is 0 Å². The Balaban J connectivity index is 2.43. The van der Waals surface area contributed by atoms with E-state index in [1.807, 2.05) is 0 Å². The van der Waals surface area contributed by atoms with Crippen LogP contribution in [0.5, 0.6) is 0 Å². The van der Waals surface area contributed by atoms with E-state index in [0.717, 1.165) is 19.1 Å². The van der Waals surface area contributed by atoms with Gasteiger partial charge in [-0.3, -0.25) is 0 Å². The maximum Gasteiger partial charge on any atom is 0.0778 e. The van der Waals surface area contributed by atoms with E-state index in [1.165, 1.54) is 25.7 Å². The largest absolute Gasteiger partial charge is 0.374 e. The third kappa shape index (κ3) is 4.52. The third-order valence-corrected chi connectivity index (χ3v) is 3.26. The SMILES string of the molecule is CCCNC(CC1CC1)C(C)(C)OCC. The van der Waals surface area contributed by atoms with Crippen LogP contribution in [0.25, 0.3) is 0 Å². The van der Waals surface area contributed by atoms with Crippen LogP contribution in [0.4, 0.5) is 0 Å². The molecule has 0 saturated heterocycles. The summed E-state index contributed by atoms with van der Waals surface area (Å²) >= 11 is 0. The van der Waals surface area contributed by atoms with E-state index < -0.39 is 0 Å². The maximum atomic E-state index is 5.85. The molecule has 1 N–H and O–H groups in total. The first-order valence-corrected chi connectivity index (χ1v) is 6.47. The van der Waals surface area contributed by atoms with E-state index in [2.05, 4.69) is 33.0 Å². The molecule has 1 rings (SSSR count). The zero-order valence-electron chi connectivity index (χ0n) is 10.8. The molecule has 1 unspecified atom stereocenters. The molecule has 1 fully saturated rings. The summed E-state index contributed by atoms with van der Waals surface area (Å²) in [5.74, 6) is 0.957. The summed E-state index contributed by atoms with van der Waals surface area (Å²) in [5, 5.41) is 3.64. The van der Waals surface area contributed by atoms with Crippen molar-refractivity contribution in [3.63, 3.8) is 0 Å². The minimum atomic E-state index is -0.0213. The lowest BCUT2D eigenvalue weighted by molar-refractivity contribution is -0.0412. The molecule has 0 spiro atoms. The van der Waals surface area contributed by atoms with Crippen LogP contribution in [0.3, 0.4) is 0 Å². The second-order valence-corrected chi connectivity index (χ2v) is 5.22. The predicted molar refractivity (Wildman–Crippen MR) is 65.1 cm³/mol. The van der Waals surface area contributed by atoms with Crippen LogP contribution < -0.4 is 5.32 Å². The Morgan fingerprint density at radius 2 is 2.00 bits per heavy atom. The highest BCUT2D eigenvalue weighted by molar-refractivity contribution is 4.90. The summed E-state index contributed by atoms with van der Waals surface area (Å²) < 4.78 is 5.85. The Labute approximate surface area is 94.8 Å². The molecule has 0 amide bonds. The van der Waals surface area contributed by atoms with Gasteiger partial charge in [0, 0.05) is 12.6 Å². The maximum absolute atomic E-state index is 5.85. The van der Waals surface area contributed by atoms with E-state index in [4.69, 9.17) is 4.74 Å². The summed E-state index contributed by atoms with van der Waals surface area (Å²) in [5.41, 5.74) is -0.0213. The molecule has 1 aliphatic rings. The lowest BCUT2D eigenvalue weighted by atomic mass is 9.93. The summed E-state index contributed by atoms with van der Waals surface area (Å²) in [7, 11) is 0. The van der Waals surface area contributed by atoms with Crippen LogP contribution in [0.15, 0.2) is 0 Å². The van der Waals surface area contributed by atoms with E-state index in [-0.39, 0.29) is 5.60 Å². The Morgan fingerprint density at radius 1 is 1.33 bits per heavy atom. The first-order valence-electron chi connectivity index (χ1n) is 6.47. The van der Waals surface area contributed by atoms with E-state index in [0.29, 0.717) is 6.04 Å². The summed E-state index contributed by atoms with van der Waals surface area (Å²) in [6, 6.07) is 0.518. The average molecular weight is 213 g/mol. The Hall–Kier alpha value is -0.0800. The van der Waals surface area contributed by atoms with Crippen LogP contribution in [-0.2, 0) is 4.74 Å². The molecule has 2 nitrogen and oxygen atoms in total. The van der Waals surface area contributed by atoms with Gasteiger partial charge in [-0.05, 0) is 46.1 Å². The lowest BCUT2D eigenvalue weighted by Crippen LogP contribution is -2.49. The summed E-state index contributed by atoms with van der Waals surface area (Å²) in [4.78, 5) is 0. The monoisotopic (exact) mass is 213 g/mol. The van der Waals surface area contributed by atoms with Gasteiger partial charge in [-0.15, -0.1) is 0 Å². The van der Waals surface area contributed by atoms with Gasteiger partial charge in [-0.25, -0.2) is 0 Å². The molecule has 1 atom stereocenters. The standard InChI is InChI=1S/C13H27NO/c1-5-9-14-12(10-11-7-8-11)13(3,4)15-6-2/h11-12,14H,5-10H2,1-4H3. The third-order valence-electron chi connectivity index (χ3n) is 3.26. The molecule has 0 radical (unpaired) electrons. The highest BCUT2D eigenvalue weighted by atomic mass is 16.5. The minimum Gasteiger partial charge on any atom is -0.374 e. The lowest BCUT2D eigenvalue weighted by Gasteiger charge is -2.35. The van der Waals surface area contributed by atoms with Crippen molar-refractivity contribution in [2.45, 2.75) is 65.0 Å². The predicted octanol–water partition coefficient (Wildman–Crippen LogP) is 2.97. The summed E-state index contributed by atoms with van der Waals surface area (Å²) in [6.07, 6.45) is 5.33. The van der Waals surface area contributed by atoms with Crippen LogP contribution in [0.1, 0.15) is 53.4 Å². The molecular formula is C13H27NO. The van der Waals surface area contributed by atoms with Gasteiger partial charge in [-0.2, -0.15) is 0 Å². The Morgan fingerprint density at radius 3 is 2.47 bits per heavy atom. The molecule has 0 aliphatic heterocycles. The molecule has 0 aromatic heterocycles. The second-order valence-electron chi connectivity index (χ2n) is 5.22.